The van der Waals surface area contributed by atoms with Gasteiger partial charge in [-0.25, -0.2) is 4.98 Å². The van der Waals surface area contributed by atoms with Crippen molar-refractivity contribution in [2.75, 3.05) is 31.7 Å². The van der Waals surface area contributed by atoms with E-state index in [2.05, 4.69) is 10.3 Å². The van der Waals surface area contributed by atoms with E-state index in [1.54, 1.807) is 0 Å². The highest BCUT2D eigenvalue weighted by Crippen LogP contribution is 2.19. The molecule has 0 amide bonds. The maximum absolute atomic E-state index is 10.6. The maximum atomic E-state index is 10.6. The molecule has 16 heavy (non-hydrogen) atoms. The highest BCUT2D eigenvalue weighted by molar-refractivity contribution is 5.54. The molecule has 0 aromatic carbocycles. The molecule has 0 unspecified atom stereocenters. The fourth-order valence-corrected chi connectivity index (χ4v) is 1.09. The summed E-state index contributed by atoms with van der Waals surface area (Å²) in [7, 11) is 0. The van der Waals surface area contributed by atoms with Gasteiger partial charge in [-0.3, -0.25) is 10.1 Å². The van der Waals surface area contributed by atoms with Crippen LogP contribution in [0.15, 0.2) is 18.3 Å². The van der Waals surface area contributed by atoms with Crippen molar-refractivity contribution in [2.24, 2.45) is 0 Å². The van der Waals surface area contributed by atoms with E-state index in [-0.39, 0.29) is 24.7 Å². The molecule has 0 atom stereocenters. The lowest BCUT2D eigenvalue weighted by molar-refractivity contribution is -0.384. The van der Waals surface area contributed by atoms with Crippen molar-refractivity contribution in [3.05, 3.63) is 28.4 Å². The van der Waals surface area contributed by atoms with Gasteiger partial charge in [-0.1, -0.05) is 0 Å². The summed E-state index contributed by atoms with van der Waals surface area (Å²) in [4.78, 5) is 14.0. The zero-order valence-corrected chi connectivity index (χ0v) is 8.63. The zero-order valence-electron chi connectivity index (χ0n) is 8.63. The van der Waals surface area contributed by atoms with Gasteiger partial charge in [0.2, 0.25) is 5.82 Å². The predicted octanol–water partition coefficient (Wildman–Crippen LogP) is 0.411. The van der Waals surface area contributed by atoms with Gasteiger partial charge in [0.1, 0.15) is 0 Å². The Morgan fingerprint density at radius 2 is 2.38 bits per heavy atom. The Hall–Kier alpha value is -1.73. The third-order valence-corrected chi connectivity index (χ3v) is 1.76. The SMILES string of the molecule is O=[N+]([O-])c1cccnc1NCCOCCO. The van der Waals surface area contributed by atoms with Gasteiger partial charge < -0.3 is 15.2 Å². The molecule has 0 aliphatic rings. The predicted molar refractivity (Wildman–Crippen MR) is 57.3 cm³/mol. The number of nitrogens with zero attached hydrogens (tertiary/aromatic N) is 2. The molecule has 7 heteroatoms. The molecule has 1 rings (SSSR count). The number of hydrogen-bond donors (Lipinski definition) is 2. The van der Waals surface area contributed by atoms with Crippen molar-refractivity contribution in [2.45, 2.75) is 0 Å². The number of pyridine rings is 1. The van der Waals surface area contributed by atoms with Crippen LogP contribution in [0.3, 0.4) is 0 Å². The molecule has 1 aromatic heterocycles. The van der Waals surface area contributed by atoms with Crippen molar-refractivity contribution in [3.8, 4) is 0 Å². The van der Waals surface area contributed by atoms with Crippen LogP contribution in [0.1, 0.15) is 0 Å². The van der Waals surface area contributed by atoms with E-state index in [0.29, 0.717) is 13.2 Å². The van der Waals surface area contributed by atoms with Crippen molar-refractivity contribution in [1.82, 2.24) is 4.98 Å². The molecule has 7 nitrogen and oxygen atoms in total. The molecular weight excluding hydrogens is 214 g/mol. The van der Waals surface area contributed by atoms with Crippen LogP contribution in [-0.2, 0) is 4.74 Å². The minimum Gasteiger partial charge on any atom is -0.394 e. The monoisotopic (exact) mass is 227 g/mol. The Morgan fingerprint density at radius 1 is 1.56 bits per heavy atom. The Kier molecular flexibility index (Phi) is 5.17. The highest BCUT2D eigenvalue weighted by Gasteiger charge is 2.12. The standard InChI is InChI=1S/C9H13N3O4/c13-5-7-16-6-4-11-9-8(12(14)15)2-1-3-10-9/h1-3,13H,4-7H2,(H,10,11). The number of nitro groups is 1. The van der Waals surface area contributed by atoms with E-state index < -0.39 is 4.92 Å². The van der Waals surface area contributed by atoms with Crippen LogP contribution in [0.4, 0.5) is 11.5 Å². The van der Waals surface area contributed by atoms with Crippen LogP contribution >= 0.6 is 0 Å². The second-order valence-corrected chi connectivity index (χ2v) is 2.89. The summed E-state index contributed by atoms with van der Waals surface area (Å²) in [5.74, 6) is 0.222. The Bertz CT molecular complexity index is 345. The maximum Gasteiger partial charge on any atom is 0.311 e. The minimum absolute atomic E-state index is 0.0380. The molecule has 0 saturated carbocycles. The lowest BCUT2D eigenvalue weighted by atomic mass is 10.4. The first-order valence-electron chi connectivity index (χ1n) is 4.77. The highest BCUT2D eigenvalue weighted by atomic mass is 16.6. The molecule has 0 aliphatic carbocycles. The van der Waals surface area contributed by atoms with Gasteiger partial charge >= 0.3 is 5.69 Å². The first kappa shape index (κ1) is 12.3. The summed E-state index contributed by atoms with van der Waals surface area (Å²) in [6.07, 6.45) is 1.48. The summed E-state index contributed by atoms with van der Waals surface area (Å²) in [6, 6.07) is 2.88. The van der Waals surface area contributed by atoms with E-state index in [9.17, 15) is 10.1 Å². The molecule has 1 heterocycles. The normalized spacial score (nSPS) is 10.1. The molecule has 0 saturated heterocycles. The molecule has 88 valence electrons. The van der Waals surface area contributed by atoms with E-state index in [4.69, 9.17) is 9.84 Å². The molecule has 2 N–H and O–H groups in total. The largest absolute Gasteiger partial charge is 0.394 e. The van der Waals surface area contributed by atoms with Crippen molar-refractivity contribution >= 4 is 11.5 Å². The third kappa shape index (κ3) is 3.79. The molecule has 1 aromatic rings. The molecule has 0 aliphatic heterocycles. The van der Waals surface area contributed by atoms with E-state index in [0.717, 1.165) is 0 Å². The Labute approximate surface area is 92.2 Å². The average molecular weight is 227 g/mol. The quantitative estimate of drug-likeness (QED) is 0.398. The summed E-state index contributed by atoms with van der Waals surface area (Å²) in [6.45, 7) is 0.974. The Balaban J connectivity index is 2.44. The third-order valence-electron chi connectivity index (χ3n) is 1.76. The van der Waals surface area contributed by atoms with Gasteiger partial charge in [-0.2, -0.15) is 0 Å². The van der Waals surface area contributed by atoms with Crippen LogP contribution in [-0.4, -0.2) is 41.4 Å². The number of aliphatic hydroxyl groups is 1. The lowest BCUT2D eigenvalue weighted by Gasteiger charge is -2.05. The van der Waals surface area contributed by atoms with Gasteiger partial charge in [0.05, 0.1) is 24.7 Å². The van der Waals surface area contributed by atoms with Crippen LogP contribution in [0.5, 0.6) is 0 Å². The first-order valence-corrected chi connectivity index (χ1v) is 4.77. The zero-order chi connectivity index (χ0) is 11.8. The van der Waals surface area contributed by atoms with Crippen molar-refractivity contribution in [3.63, 3.8) is 0 Å². The Morgan fingerprint density at radius 3 is 3.06 bits per heavy atom. The second-order valence-electron chi connectivity index (χ2n) is 2.89. The summed E-state index contributed by atoms with van der Waals surface area (Å²) < 4.78 is 4.99. The number of aromatic nitrogens is 1. The molecule has 0 radical (unpaired) electrons. The van der Waals surface area contributed by atoms with Gasteiger partial charge in [0, 0.05) is 18.8 Å². The number of rotatable bonds is 7. The van der Waals surface area contributed by atoms with Gasteiger partial charge in [-0.15, -0.1) is 0 Å². The fourth-order valence-electron chi connectivity index (χ4n) is 1.09. The number of ether oxygens (including phenoxy) is 1. The van der Waals surface area contributed by atoms with E-state index in [1.807, 2.05) is 0 Å². The average Bonchev–Trinajstić information content (AvgIpc) is 2.29. The van der Waals surface area contributed by atoms with Crippen LogP contribution in [0.2, 0.25) is 0 Å². The van der Waals surface area contributed by atoms with Crippen LogP contribution in [0.25, 0.3) is 0 Å². The van der Waals surface area contributed by atoms with E-state index in [1.165, 1.54) is 18.3 Å². The van der Waals surface area contributed by atoms with Gasteiger partial charge in [0.25, 0.3) is 0 Å². The van der Waals surface area contributed by atoms with E-state index >= 15 is 0 Å². The van der Waals surface area contributed by atoms with Crippen molar-refractivity contribution in [1.29, 1.82) is 0 Å². The molecule has 0 spiro atoms. The summed E-state index contributed by atoms with van der Waals surface area (Å²) >= 11 is 0. The molecule has 0 fully saturated rings. The number of aliphatic hydroxyl groups excluding tert-OH is 1. The van der Waals surface area contributed by atoms with Gasteiger partial charge in [0.15, 0.2) is 0 Å². The summed E-state index contributed by atoms with van der Waals surface area (Å²) in [5.41, 5.74) is -0.0651. The fraction of sp³-hybridized carbons (Fsp3) is 0.444. The van der Waals surface area contributed by atoms with Crippen LogP contribution in [0, 0.1) is 10.1 Å². The minimum atomic E-state index is -0.496. The summed E-state index contributed by atoms with van der Waals surface area (Å²) in [5, 5.41) is 21.9. The molecular formula is C9H13N3O4. The number of hydrogen-bond acceptors (Lipinski definition) is 6. The topological polar surface area (TPSA) is 97.5 Å². The van der Waals surface area contributed by atoms with Gasteiger partial charge in [-0.05, 0) is 6.07 Å². The molecule has 0 bridgehead atoms. The van der Waals surface area contributed by atoms with Crippen molar-refractivity contribution < 1.29 is 14.8 Å². The number of anilines is 1. The lowest BCUT2D eigenvalue weighted by Crippen LogP contribution is -2.13. The first-order chi connectivity index (χ1) is 7.75. The van der Waals surface area contributed by atoms with Crippen LogP contribution < -0.4 is 5.32 Å². The number of nitrogens with one attached hydrogen (secondary N) is 1. The second kappa shape index (κ2) is 6.70. The smallest absolute Gasteiger partial charge is 0.311 e.